The van der Waals surface area contributed by atoms with E-state index in [1.165, 1.54) is 11.3 Å². The van der Waals surface area contributed by atoms with Crippen molar-refractivity contribution in [3.8, 4) is 0 Å². The zero-order valence-electron chi connectivity index (χ0n) is 10.6. The van der Waals surface area contributed by atoms with Gasteiger partial charge in [-0.3, -0.25) is 15.2 Å². The fourth-order valence-corrected chi connectivity index (χ4v) is 2.67. The van der Waals surface area contributed by atoms with Crippen molar-refractivity contribution in [2.45, 2.75) is 13.5 Å². The average molecular weight is 289 g/mol. The third-order valence-corrected chi connectivity index (χ3v) is 3.86. The van der Waals surface area contributed by atoms with Crippen LogP contribution in [0.3, 0.4) is 0 Å². The second-order valence-electron chi connectivity index (χ2n) is 4.29. The summed E-state index contributed by atoms with van der Waals surface area (Å²) in [6.07, 6.45) is 1.70. The predicted molar refractivity (Wildman–Crippen MR) is 76.9 cm³/mol. The Morgan fingerprint density at radius 2 is 2.35 bits per heavy atom. The number of aromatic nitrogens is 3. The first-order valence-electron chi connectivity index (χ1n) is 5.90. The standard InChI is InChI=1S/C12H11N5O2S/c1-7-8(5-15-16-7)4-13-9-2-3-10-11(14-6-20-10)12(9)17(18)19/h2-3,5-6,13H,4H2,1H3,(H,15,16). The molecular formula is C12H11N5O2S. The molecule has 102 valence electrons. The second-order valence-corrected chi connectivity index (χ2v) is 5.18. The molecule has 0 unspecified atom stereocenters. The van der Waals surface area contributed by atoms with Crippen molar-refractivity contribution in [3.63, 3.8) is 0 Å². The van der Waals surface area contributed by atoms with Gasteiger partial charge in [0.15, 0.2) is 5.52 Å². The highest BCUT2D eigenvalue weighted by Gasteiger charge is 2.20. The molecule has 0 bridgehead atoms. The molecule has 2 heterocycles. The Morgan fingerprint density at radius 1 is 1.50 bits per heavy atom. The van der Waals surface area contributed by atoms with Crippen LogP contribution in [0.2, 0.25) is 0 Å². The van der Waals surface area contributed by atoms with E-state index >= 15 is 0 Å². The van der Waals surface area contributed by atoms with Gasteiger partial charge in [0.05, 0.1) is 21.3 Å². The number of aryl methyl sites for hydroxylation is 1. The number of nitro groups is 1. The van der Waals surface area contributed by atoms with Crippen LogP contribution in [0.5, 0.6) is 0 Å². The summed E-state index contributed by atoms with van der Waals surface area (Å²) in [4.78, 5) is 15.0. The maximum Gasteiger partial charge on any atom is 0.319 e. The van der Waals surface area contributed by atoms with Gasteiger partial charge < -0.3 is 5.32 Å². The summed E-state index contributed by atoms with van der Waals surface area (Å²) in [5.41, 5.74) is 4.43. The van der Waals surface area contributed by atoms with Crippen LogP contribution in [0.1, 0.15) is 11.3 Å². The van der Waals surface area contributed by atoms with Gasteiger partial charge in [-0.2, -0.15) is 5.10 Å². The number of anilines is 1. The molecule has 0 aliphatic carbocycles. The molecule has 0 radical (unpaired) electrons. The number of nitrogens with zero attached hydrogens (tertiary/aromatic N) is 3. The fraction of sp³-hybridized carbons (Fsp3) is 0.167. The SMILES string of the molecule is Cc1[nH]ncc1CNc1ccc2scnc2c1[N+](=O)[O-]. The molecule has 3 aromatic rings. The first-order valence-corrected chi connectivity index (χ1v) is 6.78. The van der Waals surface area contributed by atoms with Crippen molar-refractivity contribution in [2.75, 3.05) is 5.32 Å². The molecule has 0 amide bonds. The number of hydrogen-bond donors (Lipinski definition) is 2. The first-order chi connectivity index (χ1) is 9.66. The van der Waals surface area contributed by atoms with Crippen LogP contribution >= 0.6 is 11.3 Å². The van der Waals surface area contributed by atoms with Crippen molar-refractivity contribution >= 4 is 32.9 Å². The van der Waals surface area contributed by atoms with E-state index in [0.29, 0.717) is 17.7 Å². The van der Waals surface area contributed by atoms with E-state index < -0.39 is 4.92 Å². The first kappa shape index (κ1) is 12.5. The maximum atomic E-state index is 11.3. The summed E-state index contributed by atoms with van der Waals surface area (Å²) in [7, 11) is 0. The lowest BCUT2D eigenvalue weighted by Crippen LogP contribution is -2.03. The molecule has 0 saturated heterocycles. The van der Waals surface area contributed by atoms with Crippen molar-refractivity contribution in [1.82, 2.24) is 15.2 Å². The van der Waals surface area contributed by atoms with Crippen LogP contribution < -0.4 is 5.32 Å². The Labute approximate surface area is 117 Å². The molecule has 0 atom stereocenters. The third-order valence-electron chi connectivity index (χ3n) is 3.06. The molecule has 2 aromatic heterocycles. The Hall–Kier alpha value is -2.48. The number of thiazole rings is 1. The second kappa shape index (κ2) is 4.89. The van der Waals surface area contributed by atoms with E-state index in [1.54, 1.807) is 17.8 Å². The van der Waals surface area contributed by atoms with Crippen molar-refractivity contribution in [1.29, 1.82) is 0 Å². The Kier molecular flexibility index (Phi) is 3.07. The Bertz CT molecular complexity index is 779. The van der Waals surface area contributed by atoms with Gasteiger partial charge in [-0.15, -0.1) is 11.3 Å². The molecule has 3 rings (SSSR count). The van der Waals surface area contributed by atoms with Gasteiger partial charge in [-0.05, 0) is 19.1 Å². The van der Waals surface area contributed by atoms with Gasteiger partial charge in [-0.25, -0.2) is 4.98 Å². The zero-order chi connectivity index (χ0) is 14.1. The molecule has 0 saturated carbocycles. The largest absolute Gasteiger partial charge is 0.375 e. The molecular weight excluding hydrogens is 278 g/mol. The summed E-state index contributed by atoms with van der Waals surface area (Å²) in [6, 6.07) is 3.55. The smallest absolute Gasteiger partial charge is 0.319 e. The Balaban J connectivity index is 1.96. The highest BCUT2D eigenvalue weighted by Crippen LogP contribution is 2.34. The molecule has 8 heteroatoms. The highest BCUT2D eigenvalue weighted by molar-refractivity contribution is 7.16. The predicted octanol–water partition coefficient (Wildman–Crippen LogP) is 2.85. The van der Waals surface area contributed by atoms with Crippen LogP contribution in [-0.2, 0) is 6.54 Å². The minimum absolute atomic E-state index is 0.0184. The lowest BCUT2D eigenvalue weighted by atomic mass is 10.2. The Morgan fingerprint density at radius 3 is 3.05 bits per heavy atom. The topological polar surface area (TPSA) is 96.7 Å². The van der Waals surface area contributed by atoms with Crippen LogP contribution in [0.15, 0.2) is 23.8 Å². The zero-order valence-corrected chi connectivity index (χ0v) is 11.4. The molecule has 2 N–H and O–H groups in total. The molecule has 0 aliphatic heterocycles. The van der Waals surface area contributed by atoms with Crippen LogP contribution in [0, 0.1) is 17.0 Å². The van der Waals surface area contributed by atoms with E-state index in [9.17, 15) is 10.1 Å². The van der Waals surface area contributed by atoms with Gasteiger partial charge in [0, 0.05) is 17.8 Å². The van der Waals surface area contributed by atoms with E-state index in [1.807, 2.05) is 13.0 Å². The normalized spacial score (nSPS) is 10.8. The number of rotatable bonds is 4. The molecule has 20 heavy (non-hydrogen) atoms. The van der Waals surface area contributed by atoms with Crippen molar-refractivity contribution < 1.29 is 4.92 Å². The van der Waals surface area contributed by atoms with Crippen LogP contribution in [0.4, 0.5) is 11.4 Å². The molecule has 0 spiro atoms. The summed E-state index contributed by atoms with van der Waals surface area (Å²) >= 11 is 1.39. The van der Waals surface area contributed by atoms with E-state index in [-0.39, 0.29) is 5.69 Å². The number of aromatic amines is 1. The quantitative estimate of drug-likeness (QED) is 0.568. The number of nitro benzene ring substituents is 1. The maximum absolute atomic E-state index is 11.3. The van der Waals surface area contributed by atoms with Crippen molar-refractivity contribution in [2.24, 2.45) is 0 Å². The molecule has 0 aliphatic rings. The summed E-state index contributed by atoms with van der Waals surface area (Å²) in [5, 5.41) is 21.1. The number of hydrogen-bond acceptors (Lipinski definition) is 6. The molecule has 7 nitrogen and oxygen atoms in total. The van der Waals surface area contributed by atoms with Gasteiger partial charge in [-0.1, -0.05) is 0 Å². The van der Waals surface area contributed by atoms with Gasteiger partial charge in [0.2, 0.25) is 0 Å². The number of H-pyrrole nitrogens is 1. The third kappa shape index (κ3) is 2.10. The number of benzene rings is 1. The van der Waals surface area contributed by atoms with E-state index in [4.69, 9.17) is 0 Å². The van der Waals surface area contributed by atoms with Gasteiger partial charge in [0.1, 0.15) is 5.69 Å². The average Bonchev–Trinajstić information content (AvgIpc) is 3.03. The van der Waals surface area contributed by atoms with E-state index in [2.05, 4.69) is 20.5 Å². The van der Waals surface area contributed by atoms with Crippen molar-refractivity contribution in [3.05, 3.63) is 45.2 Å². The van der Waals surface area contributed by atoms with Gasteiger partial charge in [0.25, 0.3) is 0 Å². The summed E-state index contributed by atoms with van der Waals surface area (Å²) < 4.78 is 0.807. The number of fused-ring (bicyclic) bond motifs is 1. The highest BCUT2D eigenvalue weighted by atomic mass is 32.1. The lowest BCUT2D eigenvalue weighted by Gasteiger charge is -2.06. The minimum Gasteiger partial charge on any atom is -0.375 e. The molecule has 1 aromatic carbocycles. The lowest BCUT2D eigenvalue weighted by molar-refractivity contribution is -0.382. The monoisotopic (exact) mass is 289 g/mol. The fourth-order valence-electron chi connectivity index (χ4n) is 1.99. The van der Waals surface area contributed by atoms with Gasteiger partial charge >= 0.3 is 5.69 Å². The number of nitrogens with one attached hydrogen (secondary N) is 2. The molecule has 0 fully saturated rings. The summed E-state index contributed by atoms with van der Waals surface area (Å²) in [5.74, 6) is 0. The minimum atomic E-state index is -0.396. The van der Waals surface area contributed by atoms with Crippen LogP contribution in [0.25, 0.3) is 10.2 Å². The van der Waals surface area contributed by atoms with Crippen LogP contribution in [-0.4, -0.2) is 20.1 Å². The summed E-state index contributed by atoms with van der Waals surface area (Å²) in [6.45, 7) is 2.38. The van der Waals surface area contributed by atoms with E-state index in [0.717, 1.165) is 16.0 Å².